The van der Waals surface area contributed by atoms with Crippen LogP contribution in [0.5, 0.6) is 5.75 Å². The molecule has 1 saturated heterocycles. The number of halogens is 1. The van der Waals surface area contributed by atoms with Crippen LogP contribution in [0, 0.1) is 11.8 Å². The molecule has 0 radical (unpaired) electrons. The van der Waals surface area contributed by atoms with E-state index in [1.54, 1.807) is 32.4 Å². The minimum atomic E-state index is -0.0755. The number of rotatable bonds is 8. The van der Waals surface area contributed by atoms with Crippen LogP contribution in [-0.4, -0.2) is 81.5 Å². The normalized spacial score (nSPS) is 20.5. The molecule has 0 bridgehead atoms. The molecule has 26 heavy (non-hydrogen) atoms. The molecule has 7 heteroatoms. The molecule has 6 nitrogen and oxygen atoms in total. The number of likely N-dealkylation sites (tertiary alicyclic amines) is 1. The minimum Gasteiger partial charge on any atom is -0.497 e. The van der Waals surface area contributed by atoms with Gasteiger partial charge in [0.25, 0.3) is 5.91 Å². The molecule has 0 saturated carbocycles. The number of carbonyl (C=O) groups is 1. The summed E-state index contributed by atoms with van der Waals surface area (Å²) in [6.45, 7) is 3.70. The lowest BCUT2D eigenvalue weighted by atomic mass is 9.89. The Bertz CT molecular complexity index is 599. The maximum Gasteiger partial charge on any atom is 0.254 e. The Kier molecular flexibility index (Phi) is 8.15. The van der Waals surface area contributed by atoms with Crippen LogP contribution in [0.15, 0.2) is 18.2 Å². The van der Waals surface area contributed by atoms with E-state index >= 15 is 0 Å². The van der Waals surface area contributed by atoms with Crippen LogP contribution in [0.3, 0.4) is 0 Å². The molecule has 1 aliphatic rings. The third-order valence-electron chi connectivity index (χ3n) is 4.77. The molecule has 0 aromatic heterocycles. The maximum atomic E-state index is 13.0. The van der Waals surface area contributed by atoms with Crippen molar-refractivity contribution in [3.63, 3.8) is 0 Å². The van der Waals surface area contributed by atoms with Gasteiger partial charge in [-0.1, -0.05) is 11.6 Å². The lowest BCUT2D eigenvalue weighted by Gasteiger charge is -2.38. The summed E-state index contributed by atoms with van der Waals surface area (Å²) >= 11 is 6.10. The molecular weight excluding hydrogens is 356 g/mol. The Balaban J connectivity index is 2.09. The smallest absolute Gasteiger partial charge is 0.254 e. The molecule has 1 fully saturated rings. The van der Waals surface area contributed by atoms with Crippen molar-refractivity contribution >= 4 is 17.5 Å². The fourth-order valence-electron chi connectivity index (χ4n) is 3.51. The van der Waals surface area contributed by atoms with E-state index in [4.69, 9.17) is 21.1 Å². The molecule has 1 heterocycles. The van der Waals surface area contributed by atoms with E-state index in [1.807, 2.05) is 4.90 Å². The van der Waals surface area contributed by atoms with E-state index in [2.05, 4.69) is 11.9 Å². The molecule has 0 spiro atoms. The first-order valence-electron chi connectivity index (χ1n) is 8.89. The first kappa shape index (κ1) is 21.0. The number of carbonyl (C=O) groups excluding carboxylic acids is 1. The number of hydrogen-bond donors (Lipinski definition) is 1. The highest BCUT2D eigenvalue weighted by Gasteiger charge is 2.31. The number of aliphatic hydroxyl groups excluding tert-OH is 1. The molecule has 2 atom stereocenters. The van der Waals surface area contributed by atoms with E-state index in [0.717, 1.165) is 19.5 Å². The first-order valence-corrected chi connectivity index (χ1v) is 9.26. The van der Waals surface area contributed by atoms with Gasteiger partial charge in [-0.15, -0.1) is 0 Å². The summed E-state index contributed by atoms with van der Waals surface area (Å²) in [4.78, 5) is 17.0. The number of hydrogen-bond acceptors (Lipinski definition) is 5. The number of ether oxygens (including phenoxy) is 2. The zero-order valence-electron chi connectivity index (χ0n) is 15.8. The van der Waals surface area contributed by atoms with Gasteiger partial charge in [0.05, 0.1) is 13.7 Å². The van der Waals surface area contributed by atoms with Gasteiger partial charge in [0.1, 0.15) is 5.75 Å². The number of likely N-dealkylation sites (N-methyl/N-ethyl adjacent to an activating group) is 1. The van der Waals surface area contributed by atoms with Crippen LogP contribution in [0.4, 0.5) is 0 Å². The summed E-state index contributed by atoms with van der Waals surface area (Å²) in [6, 6.07) is 5.05. The van der Waals surface area contributed by atoms with Crippen LogP contribution >= 0.6 is 11.6 Å². The Morgan fingerprint density at radius 3 is 2.69 bits per heavy atom. The quantitative estimate of drug-likeness (QED) is 0.742. The zero-order chi connectivity index (χ0) is 19.1. The predicted octanol–water partition coefficient (Wildman–Crippen LogP) is 2.00. The average molecular weight is 385 g/mol. The van der Waals surface area contributed by atoms with Gasteiger partial charge in [-0.05, 0) is 43.5 Å². The van der Waals surface area contributed by atoms with E-state index in [-0.39, 0.29) is 18.4 Å². The molecule has 2 rings (SSSR count). The van der Waals surface area contributed by atoms with Crippen LogP contribution < -0.4 is 4.74 Å². The van der Waals surface area contributed by atoms with Crippen LogP contribution in [0.1, 0.15) is 16.8 Å². The SMILES string of the molecule is COCCN(C)C[C@H]1C[C@H](CO)CN(C(=O)c2cc(Cl)cc(OC)c2)C1. The molecule has 0 unspecified atom stereocenters. The topological polar surface area (TPSA) is 62.2 Å². The second-order valence-corrected chi connectivity index (χ2v) is 7.43. The number of aliphatic hydroxyl groups is 1. The number of nitrogens with zero attached hydrogens (tertiary/aromatic N) is 2. The third kappa shape index (κ3) is 5.84. The van der Waals surface area contributed by atoms with Crippen LogP contribution in [-0.2, 0) is 4.74 Å². The van der Waals surface area contributed by atoms with Gasteiger partial charge in [-0.2, -0.15) is 0 Å². The summed E-state index contributed by atoms with van der Waals surface area (Å²) in [6.07, 6.45) is 0.913. The number of amides is 1. The second-order valence-electron chi connectivity index (χ2n) is 7.00. The molecule has 1 aromatic carbocycles. The van der Waals surface area contributed by atoms with E-state index in [1.165, 1.54) is 0 Å². The van der Waals surface area contributed by atoms with Crippen molar-refractivity contribution in [1.82, 2.24) is 9.80 Å². The van der Waals surface area contributed by atoms with Gasteiger partial charge in [-0.25, -0.2) is 0 Å². The first-order chi connectivity index (χ1) is 12.5. The maximum absolute atomic E-state index is 13.0. The second kappa shape index (κ2) is 10.1. The zero-order valence-corrected chi connectivity index (χ0v) is 16.5. The van der Waals surface area contributed by atoms with Crippen molar-refractivity contribution in [2.75, 3.05) is 60.7 Å². The number of methoxy groups -OCH3 is 2. The van der Waals surface area contributed by atoms with Crippen LogP contribution in [0.2, 0.25) is 5.02 Å². The van der Waals surface area contributed by atoms with Gasteiger partial charge < -0.3 is 24.4 Å². The Morgan fingerprint density at radius 2 is 2.04 bits per heavy atom. The van der Waals surface area contributed by atoms with E-state index in [0.29, 0.717) is 41.9 Å². The van der Waals surface area contributed by atoms with Crippen molar-refractivity contribution in [2.45, 2.75) is 6.42 Å². The standard InChI is InChI=1S/C19H29ClN2O4/c1-21(4-5-25-2)10-14-6-15(13-23)12-22(11-14)19(24)16-7-17(20)9-18(8-16)26-3/h7-9,14-15,23H,4-6,10-13H2,1-3H3/t14-,15+/m1/s1. The van der Waals surface area contributed by atoms with E-state index < -0.39 is 0 Å². The fourth-order valence-corrected chi connectivity index (χ4v) is 3.74. The summed E-state index contributed by atoms with van der Waals surface area (Å²) in [5, 5.41) is 10.1. The lowest BCUT2D eigenvalue weighted by molar-refractivity contribution is 0.0450. The van der Waals surface area contributed by atoms with Crippen molar-refractivity contribution in [3.05, 3.63) is 28.8 Å². The van der Waals surface area contributed by atoms with Crippen molar-refractivity contribution in [2.24, 2.45) is 11.8 Å². The predicted molar refractivity (Wildman–Crippen MR) is 102 cm³/mol. The highest BCUT2D eigenvalue weighted by molar-refractivity contribution is 6.31. The van der Waals surface area contributed by atoms with Gasteiger partial charge >= 0.3 is 0 Å². The van der Waals surface area contributed by atoms with Gasteiger partial charge in [-0.3, -0.25) is 4.79 Å². The van der Waals surface area contributed by atoms with Gasteiger partial charge in [0.2, 0.25) is 0 Å². The molecular formula is C19H29ClN2O4. The highest BCUT2D eigenvalue weighted by Crippen LogP contribution is 2.26. The third-order valence-corrected chi connectivity index (χ3v) is 4.99. The van der Waals surface area contributed by atoms with E-state index in [9.17, 15) is 9.90 Å². The van der Waals surface area contributed by atoms with Gasteiger partial charge in [0.15, 0.2) is 0 Å². The molecule has 1 amide bonds. The average Bonchev–Trinajstić information content (AvgIpc) is 2.64. The van der Waals surface area contributed by atoms with Crippen molar-refractivity contribution in [1.29, 1.82) is 0 Å². The minimum absolute atomic E-state index is 0.0755. The molecule has 0 aliphatic carbocycles. The van der Waals surface area contributed by atoms with Gasteiger partial charge in [0, 0.05) is 50.5 Å². The number of piperidine rings is 1. The number of benzene rings is 1. The van der Waals surface area contributed by atoms with Crippen molar-refractivity contribution in [3.8, 4) is 5.75 Å². The molecule has 1 aromatic rings. The summed E-state index contributed by atoms with van der Waals surface area (Å²) in [5.41, 5.74) is 0.513. The fraction of sp³-hybridized carbons (Fsp3) is 0.632. The summed E-state index contributed by atoms with van der Waals surface area (Å²) < 4.78 is 10.3. The Hall–Kier alpha value is -1.34. The molecule has 1 N–H and O–H groups in total. The largest absolute Gasteiger partial charge is 0.497 e. The Labute approximate surface area is 160 Å². The Morgan fingerprint density at radius 1 is 1.31 bits per heavy atom. The molecule has 146 valence electrons. The summed E-state index contributed by atoms with van der Waals surface area (Å²) in [5.74, 6) is 0.892. The summed E-state index contributed by atoms with van der Waals surface area (Å²) in [7, 11) is 5.29. The lowest BCUT2D eigenvalue weighted by Crippen LogP contribution is -2.47. The molecule has 1 aliphatic heterocycles. The monoisotopic (exact) mass is 384 g/mol. The highest BCUT2D eigenvalue weighted by atomic mass is 35.5. The van der Waals surface area contributed by atoms with Crippen LogP contribution in [0.25, 0.3) is 0 Å². The van der Waals surface area contributed by atoms with Crippen molar-refractivity contribution < 1.29 is 19.4 Å².